The Morgan fingerprint density at radius 3 is 3.00 bits per heavy atom. The van der Waals surface area contributed by atoms with Gasteiger partial charge in [-0.2, -0.15) is 9.78 Å². The molecule has 0 atom stereocenters. The molecule has 1 aliphatic rings. The molecule has 8 heteroatoms. The van der Waals surface area contributed by atoms with E-state index in [0.29, 0.717) is 17.9 Å². The SMILES string of the molecule is CC(C)c1ncnn1-c1nc2c(s1)CCOc1cc(C(N)=O)ccc1-2. The number of fused-ring (bicyclic) bond motifs is 3. The summed E-state index contributed by atoms with van der Waals surface area (Å²) in [5.74, 6) is 1.29. The van der Waals surface area contributed by atoms with Crippen LogP contribution in [0.5, 0.6) is 5.75 Å². The van der Waals surface area contributed by atoms with Crippen LogP contribution in [-0.2, 0) is 6.42 Å². The van der Waals surface area contributed by atoms with E-state index < -0.39 is 5.91 Å². The van der Waals surface area contributed by atoms with E-state index in [4.69, 9.17) is 15.5 Å². The third-order valence-corrected chi connectivity index (χ3v) is 5.16. The minimum atomic E-state index is -0.473. The lowest BCUT2D eigenvalue weighted by atomic mass is 10.1. The van der Waals surface area contributed by atoms with E-state index >= 15 is 0 Å². The molecule has 1 aromatic carbocycles. The van der Waals surface area contributed by atoms with Crippen LogP contribution in [0.3, 0.4) is 0 Å². The second-order valence-electron chi connectivity index (χ2n) is 6.13. The van der Waals surface area contributed by atoms with Gasteiger partial charge in [-0.1, -0.05) is 25.2 Å². The minimum absolute atomic E-state index is 0.250. The van der Waals surface area contributed by atoms with Crippen LogP contribution in [0.15, 0.2) is 24.5 Å². The van der Waals surface area contributed by atoms with Gasteiger partial charge in [0.05, 0.1) is 12.3 Å². The normalized spacial score (nSPS) is 13.1. The Morgan fingerprint density at radius 1 is 1.40 bits per heavy atom. The fraction of sp³-hybridized carbons (Fsp3) is 0.294. The lowest BCUT2D eigenvalue weighted by molar-refractivity contribution is 0.1000. The van der Waals surface area contributed by atoms with Gasteiger partial charge in [-0.25, -0.2) is 9.97 Å². The third kappa shape index (κ3) is 2.68. The molecule has 0 spiro atoms. The topological polar surface area (TPSA) is 95.9 Å². The number of nitrogens with two attached hydrogens (primary N) is 1. The van der Waals surface area contributed by atoms with Crippen LogP contribution in [0.25, 0.3) is 16.4 Å². The number of aromatic nitrogens is 4. The average molecular weight is 355 g/mol. The zero-order valence-corrected chi connectivity index (χ0v) is 14.7. The number of primary amides is 1. The third-order valence-electron chi connectivity index (χ3n) is 4.07. The van der Waals surface area contributed by atoms with E-state index in [1.807, 2.05) is 6.07 Å². The molecule has 0 unspecified atom stereocenters. The fourth-order valence-corrected chi connectivity index (χ4v) is 3.87. The van der Waals surface area contributed by atoms with Crippen LogP contribution in [0.4, 0.5) is 0 Å². The van der Waals surface area contributed by atoms with Gasteiger partial charge in [-0.3, -0.25) is 4.79 Å². The highest BCUT2D eigenvalue weighted by molar-refractivity contribution is 7.14. The largest absolute Gasteiger partial charge is 0.492 e. The summed E-state index contributed by atoms with van der Waals surface area (Å²) in [5, 5.41) is 5.12. The smallest absolute Gasteiger partial charge is 0.248 e. The molecule has 1 aliphatic heterocycles. The average Bonchev–Trinajstić information content (AvgIpc) is 3.18. The van der Waals surface area contributed by atoms with Gasteiger partial charge in [0.2, 0.25) is 11.0 Å². The summed E-state index contributed by atoms with van der Waals surface area (Å²) in [7, 11) is 0. The number of nitrogens with zero attached hydrogens (tertiary/aromatic N) is 4. The summed E-state index contributed by atoms with van der Waals surface area (Å²) in [6.45, 7) is 4.68. The van der Waals surface area contributed by atoms with Crippen LogP contribution >= 0.6 is 11.3 Å². The number of thiazole rings is 1. The van der Waals surface area contributed by atoms with E-state index in [2.05, 4.69) is 23.9 Å². The predicted molar refractivity (Wildman–Crippen MR) is 94.3 cm³/mol. The van der Waals surface area contributed by atoms with Gasteiger partial charge < -0.3 is 10.5 Å². The van der Waals surface area contributed by atoms with Crippen molar-refractivity contribution in [3.8, 4) is 22.1 Å². The summed E-state index contributed by atoms with van der Waals surface area (Å²) in [6, 6.07) is 5.22. The molecule has 0 saturated heterocycles. The van der Waals surface area contributed by atoms with E-state index in [1.165, 1.54) is 0 Å². The maximum Gasteiger partial charge on any atom is 0.248 e. The second kappa shape index (κ2) is 5.96. The molecule has 4 rings (SSSR count). The van der Waals surface area contributed by atoms with Crippen LogP contribution in [0.1, 0.15) is 40.8 Å². The molecule has 0 radical (unpaired) electrons. The Kier molecular flexibility index (Phi) is 3.76. The summed E-state index contributed by atoms with van der Waals surface area (Å²) in [5.41, 5.74) is 7.53. The Balaban J connectivity index is 1.83. The lowest BCUT2D eigenvalue weighted by Gasteiger charge is -2.08. The van der Waals surface area contributed by atoms with Crippen molar-refractivity contribution in [1.29, 1.82) is 0 Å². The molecule has 7 nitrogen and oxygen atoms in total. The maximum absolute atomic E-state index is 11.4. The quantitative estimate of drug-likeness (QED) is 0.779. The molecule has 0 saturated carbocycles. The summed E-state index contributed by atoms with van der Waals surface area (Å²) >= 11 is 1.59. The molecule has 128 valence electrons. The first-order chi connectivity index (χ1) is 12.0. The standard InChI is InChI=1S/C17H17N5O2S/c1-9(2)16-19-8-20-22(16)17-21-14-11-4-3-10(15(18)23)7-12(11)24-6-5-13(14)25-17/h3-4,7-9H,5-6H2,1-2H3,(H2,18,23). The molecule has 0 bridgehead atoms. The first kappa shape index (κ1) is 15.8. The van der Waals surface area contributed by atoms with Gasteiger partial charge >= 0.3 is 0 Å². The van der Waals surface area contributed by atoms with Crippen molar-refractivity contribution in [2.24, 2.45) is 5.73 Å². The summed E-state index contributed by atoms with van der Waals surface area (Å²) < 4.78 is 7.59. The maximum atomic E-state index is 11.4. The first-order valence-corrected chi connectivity index (χ1v) is 8.83. The predicted octanol–water partition coefficient (Wildman–Crippen LogP) is 2.55. The Bertz CT molecular complexity index is 960. The molecule has 0 fully saturated rings. The highest BCUT2D eigenvalue weighted by Gasteiger charge is 2.23. The van der Waals surface area contributed by atoms with Crippen molar-refractivity contribution in [3.63, 3.8) is 0 Å². The van der Waals surface area contributed by atoms with Crippen molar-refractivity contribution < 1.29 is 9.53 Å². The van der Waals surface area contributed by atoms with Crippen molar-refractivity contribution in [2.75, 3.05) is 6.61 Å². The van der Waals surface area contributed by atoms with Crippen LogP contribution in [-0.4, -0.2) is 32.3 Å². The number of carbonyl (C=O) groups is 1. The number of hydrogen-bond donors (Lipinski definition) is 1. The molecular formula is C17H17N5O2S. The van der Waals surface area contributed by atoms with E-state index in [-0.39, 0.29) is 5.92 Å². The molecule has 3 aromatic rings. The number of benzene rings is 1. The minimum Gasteiger partial charge on any atom is -0.492 e. The molecule has 2 aromatic heterocycles. The Labute approximate surface area is 148 Å². The van der Waals surface area contributed by atoms with Crippen molar-refractivity contribution in [3.05, 3.63) is 40.8 Å². The zero-order valence-electron chi connectivity index (χ0n) is 13.9. The molecule has 25 heavy (non-hydrogen) atoms. The van der Waals surface area contributed by atoms with Gasteiger partial charge in [0.25, 0.3) is 0 Å². The molecule has 3 heterocycles. The van der Waals surface area contributed by atoms with Crippen molar-refractivity contribution in [1.82, 2.24) is 19.7 Å². The van der Waals surface area contributed by atoms with Crippen LogP contribution in [0.2, 0.25) is 0 Å². The Morgan fingerprint density at radius 2 is 2.24 bits per heavy atom. The van der Waals surface area contributed by atoms with Gasteiger partial charge in [0, 0.05) is 28.3 Å². The molecule has 2 N–H and O–H groups in total. The highest BCUT2D eigenvalue weighted by atomic mass is 32.1. The zero-order chi connectivity index (χ0) is 17.6. The summed E-state index contributed by atoms with van der Waals surface area (Å²) in [6.07, 6.45) is 2.30. The monoisotopic (exact) mass is 355 g/mol. The number of amides is 1. The highest BCUT2D eigenvalue weighted by Crippen LogP contribution is 2.39. The van der Waals surface area contributed by atoms with Gasteiger partial charge in [0.1, 0.15) is 17.9 Å². The van der Waals surface area contributed by atoms with Crippen molar-refractivity contribution >= 4 is 17.2 Å². The van der Waals surface area contributed by atoms with Gasteiger partial charge in [-0.15, -0.1) is 0 Å². The lowest BCUT2D eigenvalue weighted by Crippen LogP contribution is -2.11. The first-order valence-electron chi connectivity index (χ1n) is 8.01. The van der Waals surface area contributed by atoms with E-state index in [9.17, 15) is 4.79 Å². The number of hydrogen-bond acceptors (Lipinski definition) is 6. The van der Waals surface area contributed by atoms with Crippen molar-refractivity contribution in [2.45, 2.75) is 26.2 Å². The molecule has 1 amide bonds. The van der Waals surface area contributed by atoms with Crippen LogP contribution < -0.4 is 10.5 Å². The van der Waals surface area contributed by atoms with Gasteiger partial charge in [-0.05, 0) is 18.2 Å². The van der Waals surface area contributed by atoms with Crippen LogP contribution in [0, 0.1) is 0 Å². The molecular weight excluding hydrogens is 338 g/mol. The second-order valence-corrected chi connectivity index (χ2v) is 7.19. The summed E-state index contributed by atoms with van der Waals surface area (Å²) in [4.78, 5) is 21.7. The Hall–Kier alpha value is -2.74. The molecule has 0 aliphatic carbocycles. The van der Waals surface area contributed by atoms with E-state index in [1.54, 1.807) is 34.5 Å². The van der Waals surface area contributed by atoms with Gasteiger partial charge in [0.15, 0.2) is 0 Å². The number of rotatable bonds is 3. The number of carbonyl (C=O) groups excluding carboxylic acids is 1. The number of ether oxygens (including phenoxy) is 1. The fourth-order valence-electron chi connectivity index (χ4n) is 2.85. The van der Waals surface area contributed by atoms with E-state index in [0.717, 1.165) is 33.5 Å².